The van der Waals surface area contributed by atoms with Gasteiger partial charge in [0.2, 0.25) is 15.9 Å². The van der Waals surface area contributed by atoms with E-state index in [1.54, 1.807) is 18.5 Å². The Labute approximate surface area is 152 Å². The summed E-state index contributed by atoms with van der Waals surface area (Å²) in [4.78, 5) is 16.3. The normalized spacial score (nSPS) is 11.6. The number of rotatable bonds is 7. The van der Waals surface area contributed by atoms with Gasteiger partial charge >= 0.3 is 0 Å². The van der Waals surface area contributed by atoms with Crippen molar-refractivity contribution in [1.29, 1.82) is 0 Å². The van der Waals surface area contributed by atoms with Gasteiger partial charge in [0.05, 0.1) is 28.8 Å². The summed E-state index contributed by atoms with van der Waals surface area (Å²) in [6.07, 6.45) is 1.72. The van der Waals surface area contributed by atoms with Crippen LogP contribution in [0.15, 0.2) is 59.8 Å². The van der Waals surface area contributed by atoms with E-state index < -0.39 is 10.0 Å². The van der Waals surface area contributed by atoms with Crippen LogP contribution in [0.25, 0.3) is 11.0 Å². The monoisotopic (exact) mass is 372 g/mol. The summed E-state index contributed by atoms with van der Waals surface area (Å²) < 4.78 is 28.5. The molecule has 1 heterocycles. The molecule has 0 fully saturated rings. The molecule has 2 aromatic carbocycles. The highest BCUT2D eigenvalue weighted by molar-refractivity contribution is 7.89. The molecule has 0 saturated heterocycles. The van der Waals surface area contributed by atoms with E-state index in [2.05, 4.69) is 15.0 Å². The van der Waals surface area contributed by atoms with E-state index in [0.29, 0.717) is 13.1 Å². The van der Waals surface area contributed by atoms with Crippen LogP contribution in [0, 0.1) is 6.92 Å². The lowest BCUT2D eigenvalue weighted by molar-refractivity contribution is -0.119. The zero-order valence-electron chi connectivity index (χ0n) is 14.3. The molecule has 0 aliphatic carbocycles. The zero-order valence-corrected chi connectivity index (χ0v) is 15.2. The number of hydrogen-bond donors (Lipinski definition) is 2. The molecule has 0 spiro atoms. The summed E-state index contributed by atoms with van der Waals surface area (Å²) >= 11 is 0. The average molecular weight is 372 g/mol. The van der Waals surface area contributed by atoms with Gasteiger partial charge in [0, 0.05) is 13.1 Å². The maximum Gasteiger partial charge on any atom is 0.241 e. The number of nitrogens with zero attached hydrogens (tertiary/aromatic N) is 2. The number of carbonyl (C=O) groups excluding carboxylic acids is 1. The molecule has 0 unspecified atom stereocenters. The van der Waals surface area contributed by atoms with Crippen LogP contribution in [-0.4, -0.2) is 37.0 Å². The number of fused-ring (bicyclic) bond motifs is 1. The zero-order chi connectivity index (χ0) is 18.6. The summed E-state index contributed by atoms with van der Waals surface area (Å²) in [5.74, 6) is -0.384. The van der Waals surface area contributed by atoms with Crippen LogP contribution in [0.2, 0.25) is 0 Å². The van der Waals surface area contributed by atoms with Crippen LogP contribution in [0.3, 0.4) is 0 Å². The minimum atomic E-state index is -3.70. The Morgan fingerprint density at radius 2 is 1.85 bits per heavy atom. The van der Waals surface area contributed by atoms with Crippen molar-refractivity contribution < 1.29 is 13.2 Å². The van der Waals surface area contributed by atoms with Gasteiger partial charge in [-0.15, -0.1) is 0 Å². The maximum absolute atomic E-state index is 12.2. The van der Waals surface area contributed by atoms with Crippen molar-refractivity contribution in [3.63, 3.8) is 0 Å². The molecule has 136 valence electrons. The molecule has 0 bridgehead atoms. The molecular formula is C18H20N4O3S. The van der Waals surface area contributed by atoms with Gasteiger partial charge in [0.1, 0.15) is 0 Å². The van der Waals surface area contributed by atoms with Crippen LogP contribution in [0.4, 0.5) is 0 Å². The molecule has 3 aromatic rings. The highest BCUT2D eigenvalue weighted by Crippen LogP contribution is 2.11. The molecule has 1 aromatic heterocycles. The predicted octanol–water partition coefficient (Wildman–Crippen LogP) is 1.44. The van der Waals surface area contributed by atoms with Gasteiger partial charge in [-0.3, -0.25) is 4.79 Å². The Balaban J connectivity index is 1.49. The summed E-state index contributed by atoms with van der Waals surface area (Å²) in [5, 5.41) is 2.70. The number of nitrogens with one attached hydrogen (secondary N) is 2. The van der Waals surface area contributed by atoms with Crippen LogP contribution in [0.5, 0.6) is 0 Å². The molecule has 0 atom stereocenters. The molecule has 26 heavy (non-hydrogen) atoms. The van der Waals surface area contributed by atoms with E-state index in [1.807, 2.05) is 35.8 Å². The Morgan fingerprint density at radius 1 is 1.12 bits per heavy atom. The fourth-order valence-electron chi connectivity index (χ4n) is 2.53. The lowest BCUT2D eigenvalue weighted by Gasteiger charge is -2.09. The van der Waals surface area contributed by atoms with Gasteiger partial charge in [0.25, 0.3) is 0 Å². The van der Waals surface area contributed by atoms with Gasteiger partial charge in [0.15, 0.2) is 0 Å². The number of imidazole rings is 1. The highest BCUT2D eigenvalue weighted by atomic mass is 32.2. The molecule has 7 nitrogen and oxygen atoms in total. The van der Waals surface area contributed by atoms with Crippen molar-refractivity contribution in [3.05, 3.63) is 60.4 Å². The highest BCUT2D eigenvalue weighted by Gasteiger charge is 2.15. The van der Waals surface area contributed by atoms with Gasteiger partial charge in [-0.25, -0.2) is 18.1 Å². The van der Waals surface area contributed by atoms with E-state index >= 15 is 0 Å². The molecule has 0 aliphatic rings. The number of carbonyl (C=O) groups is 1. The Hall–Kier alpha value is -2.71. The second-order valence-corrected chi connectivity index (χ2v) is 7.68. The van der Waals surface area contributed by atoms with E-state index in [1.165, 1.54) is 12.1 Å². The number of amides is 1. The Morgan fingerprint density at radius 3 is 2.62 bits per heavy atom. The smallest absolute Gasteiger partial charge is 0.241 e. The number of benzene rings is 2. The minimum Gasteiger partial charge on any atom is -0.353 e. The van der Waals surface area contributed by atoms with Crippen LogP contribution >= 0.6 is 0 Å². The Kier molecular flexibility index (Phi) is 5.34. The minimum absolute atomic E-state index is 0.140. The topological polar surface area (TPSA) is 93.1 Å². The third-order valence-electron chi connectivity index (χ3n) is 3.96. The van der Waals surface area contributed by atoms with Crippen LogP contribution in [-0.2, 0) is 21.4 Å². The van der Waals surface area contributed by atoms with E-state index in [0.717, 1.165) is 16.6 Å². The summed E-state index contributed by atoms with van der Waals surface area (Å²) in [5.41, 5.74) is 2.85. The first-order valence-electron chi connectivity index (χ1n) is 8.18. The van der Waals surface area contributed by atoms with Gasteiger partial charge < -0.3 is 9.88 Å². The number of aryl methyl sites for hydroxylation is 1. The van der Waals surface area contributed by atoms with E-state index in [9.17, 15) is 13.2 Å². The number of sulfonamides is 1. The first-order valence-corrected chi connectivity index (χ1v) is 9.67. The quantitative estimate of drug-likeness (QED) is 0.656. The molecule has 1 amide bonds. The molecule has 0 radical (unpaired) electrons. The van der Waals surface area contributed by atoms with Crippen molar-refractivity contribution >= 4 is 27.0 Å². The first-order chi connectivity index (χ1) is 12.5. The van der Waals surface area contributed by atoms with Crippen molar-refractivity contribution in [3.8, 4) is 0 Å². The molecule has 2 N–H and O–H groups in total. The average Bonchev–Trinajstić information content (AvgIpc) is 3.04. The fourth-order valence-corrected chi connectivity index (χ4v) is 3.51. The molecular weight excluding hydrogens is 352 g/mol. The summed E-state index contributed by atoms with van der Waals surface area (Å²) in [6, 6.07) is 14.2. The maximum atomic E-state index is 12.2. The number of aromatic nitrogens is 2. The fraction of sp³-hybridized carbons (Fsp3) is 0.222. The number of para-hydroxylation sites is 2. The van der Waals surface area contributed by atoms with Crippen molar-refractivity contribution in [1.82, 2.24) is 19.6 Å². The summed E-state index contributed by atoms with van der Waals surface area (Å²) in [6.45, 7) is 2.50. The van der Waals surface area contributed by atoms with E-state index in [-0.39, 0.29) is 17.3 Å². The van der Waals surface area contributed by atoms with Crippen LogP contribution in [0.1, 0.15) is 5.56 Å². The van der Waals surface area contributed by atoms with Gasteiger partial charge in [-0.05, 0) is 31.2 Å². The second kappa shape index (κ2) is 7.67. The molecule has 3 rings (SSSR count). The van der Waals surface area contributed by atoms with Crippen LogP contribution < -0.4 is 10.0 Å². The predicted molar refractivity (Wildman–Crippen MR) is 99.1 cm³/mol. The molecule has 0 saturated carbocycles. The Bertz CT molecular complexity index is 1010. The third-order valence-corrected chi connectivity index (χ3v) is 5.37. The van der Waals surface area contributed by atoms with Gasteiger partial charge in [-0.1, -0.05) is 29.8 Å². The summed E-state index contributed by atoms with van der Waals surface area (Å²) in [7, 11) is -3.70. The van der Waals surface area contributed by atoms with Gasteiger partial charge in [-0.2, -0.15) is 0 Å². The first kappa shape index (κ1) is 18.1. The second-order valence-electron chi connectivity index (χ2n) is 5.91. The molecule has 0 aliphatic heterocycles. The third kappa shape index (κ3) is 4.27. The SMILES string of the molecule is Cc1ccc(S(=O)(=O)NCC(=O)NCCn2cnc3ccccc32)cc1. The van der Waals surface area contributed by atoms with Crippen molar-refractivity contribution in [2.45, 2.75) is 18.4 Å². The number of hydrogen-bond acceptors (Lipinski definition) is 4. The molecule has 8 heteroatoms. The van der Waals surface area contributed by atoms with E-state index in [4.69, 9.17) is 0 Å². The van der Waals surface area contributed by atoms with Crippen molar-refractivity contribution in [2.75, 3.05) is 13.1 Å². The largest absolute Gasteiger partial charge is 0.353 e. The van der Waals surface area contributed by atoms with Crippen molar-refractivity contribution in [2.24, 2.45) is 0 Å². The standard InChI is InChI=1S/C18H20N4O3S/c1-14-6-8-15(9-7-14)26(24,25)21-12-18(23)19-10-11-22-13-20-16-4-2-3-5-17(16)22/h2-9,13,21H,10-12H2,1H3,(H,19,23). The lowest BCUT2D eigenvalue weighted by atomic mass is 10.2. The lowest BCUT2D eigenvalue weighted by Crippen LogP contribution is -2.38.